The number of aromatic nitrogens is 2. The van der Waals surface area contributed by atoms with Crippen LogP contribution in [0.5, 0.6) is 0 Å². The third-order valence-electron chi connectivity index (χ3n) is 3.00. The Morgan fingerprint density at radius 3 is 2.84 bits per heavy atom. The van der Waals surface area contributed by atoms with Crippen LogP contribution in [0.1, 0.15) is 28.4 Å². The van der Waals surface area contributed by atoms with E-state index < -0.39 is 0 Å². The highest BCUT2D eigenvalue weighted by Crippen LogP contribution is 2.14. The smallest absolute Gasteiger partial charge is 0.251 e. The van der Waals surface area contributed by atoms with Gasteiger partial charge >= 0.3 is 0 Å². The number of nitrogens with zero attached hydrogens (tertiary/aromatic N) is 2. The number of anilines is 1. The lowest BCUT2D eigenvalue weighted by Gasteiger charge is -2.07. The van der Waals surface area contributed by atoms with Gasteiger partial charge in [0.2, 0.25) is 0 Å². The first-order valence-corrected chi connectivity index (χ1v) is 6.24. The van der Waals surface area contributed by atoms with Crippen LogP contribution in [-0.4, -0.2) is 15.7 Å². The number of nitrogens with two attached hydrogens (primary N) is 1. The van der Waals surface area contributed by atoms with Crippen molar-refractivity contribution in [2.45, 2.75) is 19.9 Å². The number of amides is 1. The van der Waals surface area contributed by atoms with E-state index in [4.69, 9.17) is 5.73 Å². The molecule has 1 aromatic carbocycles. The zero-order valence-electron chi connectivity index (χ0n) is 11.2. The SMILES string of the molecule is CCc1ccc(C(=O)NCc2cnn(C)c2)cc1N. The van der Waals surface area contributed by atoms with Crippen LogP contribution in [0.25, 0.3) is 0 Å². The molecule has 5 heteroatoms. The molecule has 0 spiro atoms. The van der Waals surface area contributed by atoms with Crippen molar-refractivity contribution in [3.05, 3.63) is 47.3 Å². The summed E-state index contributed by atoms with van der Waals surface area (Å²) in [6.07, 6.45) is 4.47. The molecule has 0 unspecified atom stereocenters. The zero-order chi connectivity index (χ0) is 13.8. The van der Waals surface area contributed by atoms with Gasteiger partial charge in [-0.25, -0.2) is 0 Å². The van der Waals surface area contributed by atoms with E-state index in [2.05, 4.69) is 10.4 Å². The van der Waals surface area contributed by atoms with Crippen LogP contribution >= 0.6 is 0 Å². The molecular weight excluding hydrogens is 240 g/mol. The summed E-state index contributed by atoms with van der Waals surface area (Å²) in [5.74, 6) is -0.127. The Morgan fingerprint density at radius 2 is 2.26 bits per heavy atom. The summed E-state index contributed by atoms with van der Waals surface area (Å²) in [5.41, 5.74) is 9.16. The Balaban J connectivity index is 2.01. The topological polar surface area (TPSA) is 72.9 Å². The van der Waals surface area contributed by atoms with Crippen LogP contribution in [0.3, 0.4) is 0 Å². The van der Waals surface area contributed by atoms with Gasteiger partial charge in [0.1, 0.15) is 0 Å². The van der Waals surface area contributed by atoms with Gasteiger partial charge in [0.15, 0.2) is 0 Å². The molecule has 0 fully saturated rings. The second-order valence-electron chi connectivity index (χ2n) is 4.47. The number of carbonyl (C=O) groups is 1. The van der Waals surface area contributed by atoms with Gasteiger partial charge in [0.25, 0.3) is 5.91 Å². The second-order valence-corrected chi connectivity index (χ2v) is 4.47. The molecular formula is C14H18N4O. The molecule has 100 valence electrons. The largest absolute Gasteiger partial charge is 0.398 e. The number of hydrogen-bond acceptors (Lipinski definition) is 3. The van der Waals surface area contributed by atoms with Gasteiger partial charge in [-0.2, -0.15) is 5.10 Å². The van der Waals surface area contributed by atoms with Crippen molar-refractivity contribution in [2.75, 3.05) is 5.73 Å². The Labute approximate surface area is 112 Å². The lowest BCUT2D eigenvalue weighted by Crippen LogP contribution is -2.22. The fourth-order valence-corrected chi connectivity index (χ4v) is 1.91. The lowest BCUT2D eigenvalue weighted by molar-refractivity contribution is 0.0951. The molecule has 1 heterocycles. The van der Waals surface area contributed by atoms with Crippen molar-refractivity contribution in [3.8, 4) is 0 Å². The molecule has 0 aliphatic heterocycles. The summed E-state index contributed by atoms with van der Waals surface area (Å²) in [4.78, 5) is 12.0. The molecule has 0 bridgehead atoms. The van der Waals surface area contributed by atoms with Crippen LogP contribution in [0.15, 0.2) is 30.6 Å². The summed E-state index contributed by atoms with van der Waals surface area (Å²) in [5, 5.41) is 6.89. The predicted octanol–water partition coefficient (Wildman–Crippen LogP) is 1.49. The van der Waals surface area contributed by atoms with Gasteiger partial charge < -0.3 is 11.1 Å². The number of carbonyl (C=O) groups excluding carboxylic acids is 1. The van der Waals surface area contributed by atoms with Crippen LogP contribution in [-0.2, 0) is 20.0 Å². The summed E-state index contributed by atoms with van der Waals surface area (Å²) >= 11 is 0. The molecule has 0 saturated carbocycles. The maximum Gasteiger partial charge on any atom is 0.251 e. The Kier molecular flexibility index (Phi) is 3.85. The molecule has 2 aromatic rings. The monoisotopic (exact) mass is 258 g/mol. The first-order chi connectivity index (χ1) is 9.10. The highest BCUT2D eigenvalue weighted by molar-refractivity contribution is 5.95. The van der Waals surface area contributed by atoms with Crippen molar-refractivity contribution in [1.29, 1.82) is 0 Å². The van der Waals surface area contributed by atoms with E-state index >= 15 is 0 Å². The minimum Gasteiger partial charge on any atom is -0.398 e. The van der Waals surface area contributed by atoms with E-state index in [0.717, 1.165) is 17.5 Å². The number of benzene rings is 1. The molecule has 3 N–H and O–H groups in total. The lowest BCUT2D eigenvalue weighted by atomic mass is 10.1. The normalized spacial score (nSPS) is 10.4. The van der Waals surface area contributed by atoms with Crippen LogP contribution in [0.4, 0.5) is 5.69 Å². The first kappa shape index (κ1) is 13.1. The van der Waals surface area contributed by atoms with Crippen molar-refractivity contribution >= 4 is 11.6 Å². The molecule has 1 aromatic heterocycles. The Bertz CT molecular complexity index is 589. The van der Waals surface area contributed by atoms with Gasteiger partial charge in [-0.15, -0.1) is 0 Å². The van der Waals surface area contributed by atoms with Gasteiger partial charge in [0, 0.05) is 36.6 Å². The minimum atomic E-state index is -0.127. The number of aryl methyl sites for hydroxylation is 2. The summed E-state index contributed by atoms with van der Waals surface area (Å²) in [7, 11) is 1.84. The van der Waals surface area contributed by atoms with E-state index in [1.807, 2.05) is 26.2 Å². The molecule has 0 atom stereocenters. The molecule has 0 radical (unpaired) electrons. The van der Waals surface area contributed by atoms with Crippen molar-refractivity contribution < 1.29 is 4.79 Å². The van der Waals surface area contributed by atoms with Crippen molar-refractivity contribution in [2.24, 2.45) is 7.05 Å². The van der Waals surface area contributed by atoms with Gasteiger partial charge in [-0.1, -0.05) is 13.0 Å². The summed E-state index contributed by atoms with van der Waals surface area (Å²) < 4.78 is 1.70. The zero-order valence-corrected chi connectivity index (χ0v) is 11.2. The molecule has 0 aliphatic carbocycles. The number of rotatable bonds is 4. The molecule has 19 heavy (non-hydrogen) atoms. The Hall–Kier alpha value is -2.30. The van der Waals surface area contributed by atoms with E-state index in [1.54, 1.807) is 23.0 Å². The summed E-state index contributed by atoms with van der Waals surface area (Å²) in [6, 6.07) is 5.42. The maximum absolute atomic E-state index is 12.0. The van der Waals surface area contributed by atoms with Crippen LogP contribution in [0, 0.1) is 0 Å². The van der Waals surface area contributed by atoms with Crippen LogP contribution in [0.2, 0.25) is 0 Å². The second kappa shape index (κ2) is 5.56. The number of nitrogens with one attached hydrogen (secondary N) is 1. The first-order valence-electron chi connectivity index (χ1n) is 6.24. The van der Waals surface area contributed by atoms with Crippen molar-refractivity contribution in [1.82, 2.24) is 15.1 Å². The highest BCUT2D eigenvalue weighted by atomic mass is 16.1. The van der Waals surface area contributed by atoms with Crippen LogP contribution < -0.4 is 11.1 Å². The fourth-order valence-electron chi connectivity index (χ4n) is 1.91. The maximum atomic E-state index is 12.0. The average Bonchev–Trinajstić information content (AvgIpc) is 2.81. The van der Waals surface area contributed by atoms with E-state index in [-0.39, 0.29) is 5.91 Å². The molecule has 2 rings (SSSR count). The summed E-state index contributed by atoms with van der Waals surface area (Å²) in [6.45, 7) is 2.50. The number of nitrogen functional groups attached to an aromatic ring is 1. The highest BCUT2D eigenvalue weighted by Gasteiger charge is 2.07. The molecule has 0 aliphatic rings. The fraction of sp³-hybridized carbons (Fsp3) is 0.286. The van der Waals surface area contributed by atoms with Gasteiger partial charge in [0.05, 0.1) is 6.20 Å². The molecule has 1 amide bonds. The standard InChI is InChI=1S/C14H18N4O/c1-3-11-4-5-12(6-13(11)15)14(19)16-7-10-8-17-18(2)9-10/h4-6,8-9H,3,7,15H2,1-2H3,(H,16,19). The van der Waals surface area contributed by atoms with E-state index in [9.17, 15) is 4.79 Å². The molecule has 5 nitrogen and oxygen atoms in total. The minimum absolute atomic E-state index is 0.127. The predicted molar refractivity (Wildman–Crippen MR) is 74.6 cm³/mol. The van der Waals surface area contributed by atoms with E-state index in [1.165, 1.54) is 0 Å². The van der Waals surface area contributed by atoms with Crippen molar-refractivity contribution in [3.63, 3.8) is 0 Å². The quantitative estimate of drug-likeness (QED) is 0.816. The van der Waals surface area contributed by atoms with Gasteiger partial charge in [-0.05, 0) is 24.1 Å². The third-order valence-corrected chi connectivity index (χ3v) is 3.00. The Morgan fingerprint density at radius 1 is 1.47 bits per heavy atom. The van der Waals surface area contributed by atoms with Gasteiger partial charge in [-0.3, -0.25) is 9.48 Å². The molecule has 0 saturated heterocycles. The third kappa shape index (κ3) is 3.13. The van der Waals surface area contributed by atoms with E-state index in [0.29, 0.717) is 17.8 Å². The number of hydrogen-bond donors (Lipinski definition) is 2. The average molecular weight is 258 g/mol.